The van der Waals surface area contributed by atoms with Crippen LogP contribution >= 0.6 is 0 Å². The first-order valence-corrected chi connectivity index (χ1v) is 5.51. The number of hydrogen-bond acceptors (Lipinski definition) is 3. The zero-order valence-electron chi connectivity index (χ0n) is 9.32. The number of nitrogens with zero attached hydrogens (tertiary/aromatic N) is 4. The van der Waals surface area contributed by atoms with Crippen LogP contribution in [0.4, 0.5) is 5.95 Å². The van der Waals surface area contributed by atoms with Crippen molar-refractivity contribution >= 4 is 17.0 Å². The summed E-state index contributed by atoms with van der Waals surface area (Å²) in [6.07, 6.45) is 5.51. The summed E-state index contributed by atoms with van der Waals surface area (Å²) in [7, 11) is 0. The lowest BCUT2D eigenvalue weighted by Crippen LogP contribution is -2.08. The summed E-state index contributed by atoms with van der Waals surface area (Å²) in [5.74, 6) is 0.561. The minimum Gasteiger partial charge on any atom is -0.369 e. The molecule has 0 aliphatic carbocycles. The third-order valence-corrected chi connectivity index (χ3v) is 2.83. The van der Waals surface area contributed by atoms with Gasteiger partial charge in [0.15, 0.2) is 0 Å². The Morgan fingerprint density at radius 3 is 2.88 bits per heavy atom. The maximum absolute atomic E-state index is 5.92. The molecule has 0 spiro atoms. The lowest BCUT2D eigenvalue weighted by atomic mass is 10.3. The van der Waals surface area contributed by atoms with Crippen molar-refractivity contribution in [3.05, 3.63) is 43.0 Å². The molecule has 5 nitrogen and oxygen atoms in total. The average molecular weight is 227 g/mol. The Kier molecular flexibility index (Phi) is 2.29. The molecule has 0 atom stereocenters. The van der Waals surface area contributed by atoms with E-state index in [1.165, 1.54) is 0 Å². The molecule has 2 aromatic heterocycles. The van der Waals surface area contributed by atoms with Gasteiger partial charge in [-0.05, 0) is 12.1 Å². The molecule has 0 aliphatic heterocycles. The summed E-state index contributed by atoms with van der Waals surface area (Å²) in [6, 6.07) is 7.97. The summed E-state index contributed by atoms with van der Waals surface area (Å²) in [6.45, 7) is 1.63. The predicted octanol–water partition coefficient (Wildman–Crippen LogP) is 1.52. The lowest BCUT2D eigenvalue weighted by molar-refractivity contribution is 0.594. The highest BCUT2D eigenvalue weighted by Gasteiger charge is 2.06. The molecule has 0 amide bonds. The van der Waals surface area contributed by atoms with Gasteiger partial charge in [-0.25, -0.2) is 9.97 Å². The van der Waals surface area contributed by atoms with Crippen molar-refractivity contribution in [2.45, 2.75) is 13.1 Å². The molecule has 17 heavy (non-hydrogen) atoms. The number of aryl methyl sites for hydroxylation is 2. The van der Waals surface area contributed by atoms with Crippen LogP contribution in [0.3, 0.4) is 0 Å². The van der Waals surface area contributed by atoms with E-state index in [2.05, 4.69) is 9.97 Å². The van der Waals surface area contributed by atoms with Crippen LogP contribution in [0.1, 0.15) is 0 Å². The molecule has 3 aromatic rings. The quantitative estimate of drug-likeness (QED) is 0.737. The Hall–Kier alpha value is -2.30. The van der Waals surface area contributed by atoms with Crippen molar-refractivity contribution in [2.75, 3.05) is 5.73 Å². The lowest BCUT2D eigenvalue weighted by Gasteiger charge is -2.06. The van der Waals surface area contributed by atoms with Gasteiger partial charge in [0.25, 0.3) is 0 Å². The smallest absolute Gasteiger partial charge is 0.201 e. The van der Waals surface area contributed by atoms with Crippen LogP contribution < -0.4 is 5.73 Å². The molecule has 5 heteroatoms. The largest absolute Gasteiger partial charge is 0.369 e. The fourth-order valence-electron chi connectivity index (χ4n) is 1.96. The van der Waals surface area contributed by atoms with Gasteiger partial charge >= 0.3 is 0 Å². The Balaban J connectivity index is 1.92. The zero-order chi connectivity index (χ0) is 11.7. The van der Waals surface area contributed by atoms with E-state index in [-0.39, 0.29) is 0 Å². The Morgan fingerprint density at radius 2 is 2.06 bits per heavy atom. The highest BCUT2D eigenvalue weighted by Crippen LogP contribution is 2.17. The minimum absolute atomic E-state index is 0.561. The molecule has 86 valence electrons. The Bertz CT molecular complexity index is 623. The van der Waals surface area contributed by atoms with Gasteiger partial charge in [-0.2, -0.15) is 0 Å². The summed E-state index contributed by atoms with van der Waals surface area (Å²) >= 11 is 0. The molecular formula is C12H13N5. The normalized spacial score (nSPS) is 11.1. The van der Waals surface area contributed by atoms with Crippen molar-refractivity contribution in [3.8, 4) is 0 Å². The second-order valence-electron chi connectivity index (χ2n) is 3.91. The molecule has 0 unspecified atom stereocenters. The summed E-state index contributed by atoms with van der Waals surface area (Å²) < 4.78 is 4.05. The zero-order valence-corrected chi connectivity index (χ0v) is 9.32. The number of nitrogen functional groups attached to an aromatic ring is 1. The minimum atomic E-state index is 0.561. The molecule has 1 aromatic carbocycles. The maximum Gasteiger partial charge on any atom is 0.201 e. The standard InChI is InChI=1S/C12H13N5/c13-12-15-10-3-1-2-4-11(10)17(12)8-7-16-6-5-14-9-16/h1-6,9H,7-8H2,(H2,13,15). The van der Waals surface area contributed by atoms with Gasteiger partial charge in [-0.15, -0.1) is 0 Å². The average Bonchev–Trinajstić information content (AvgIpc) is 2.93. The third-order valence-electron chi connectivity index (χ3n) is 2.83. The monoisotopic (exact) mass is 227 g/mol. The maximum atomic E-state index is 5.92. The molecule has 0 fully saturated rings. The molecule has 2 N–H and O–H groups in total. The number of anilines is 1. The van der Waals surface area contributed by atoms with Gasteiger partial charge in [0.1, 0.15) is 0 Å². The Morgan fingerprint density at radius 1 is 1.18 bits per heavy atom. The number of benzene rings is 1. The van der Waals surface area contributed by atoms with Gasteiger partial charge < -0.3 is 14.9 Å². The van der Waals surface area contributed by atoms with Gasteiger partial charge in [-0.3, -0.25) is 0 Å². The van der Waals surface area contributed by atoms with Gasteiger partial charge in [0, 0.05) is 25.5 Å². The van der Waals surface area contributed by atoms with E-state index in [0.29, 0.717) is 5.95 Å². The number of para-hydroxylation sites is 2. The number of aromatic nitrogens is 4. The highest BCUT2D eigenvalue weighted by atomic mass is 15.2. The van der Waals surface area contributed by atoms with E-state index >= 15 is 0 Å². The fourth-order valence-corrected chi connectivity index (χ4v) is 1.96. The molecule has 3 rings (SSSR count). The number of imidazole rings is 2. The van der Waals surface area contributed by atoms with Crippen LogP contribution in [-0.2, 0) is 13.1 Å². The van der Waals surface area contributed by atoms with Gasteiger partial charge in [0.05, 0.1) is 17.4 Å². The molecule has 0 bridgehead atoms. The van der Waals surface area contributed by atoms with Crippen molar-refractivity contribution in [1.29, 1.82) is 0 Å². The van der Waals surface area contributed by atoms with Crippen LogP contribution in [0.2, 0.25) is 0 Å². The molecule has 0 radical (unpaired) electrons. The first-order valence-electron chi connectivity index (χ1n) is 5.51. The fraction of sp³-hybridized carbons (Fsp3) is 0.167. The SMILES string of the molecule is Nc1nc2ccccc2n1CCn1ccnc1. The van der Waals surface area contributed by atoms with E-state index in [4.69, 9.17) is 5.73 Å². The van der Waals surface area contributed by atoms with Gasteiger partial charge in [-0.1, -0.05) is 12.1 Å². The second-order valence-corrected chi connectivity index (χ2v) is 3.91. The predicted molar refractivity (Wildman–Crippen MR) is 66.4 cm³/mol. The first-order chi connectivity index (χ1) is 8.34. The summed E-state index contributed by atoms with van der Waals surface area (Å²) in [5.41, 5.74) is 7.93. The van der Waals surface area contributed by atoms with Crippen molar-refractivity contribution in [3.63, 3.8) is 0 Å². The molecule has 0 aliphatic rings. The van der Waals surface area contributed by atoms with Crippen molar-refractivity contribution in [1.82, 2.24) is 19.1 Å². The summed E-state index contributed by atoms with van der Waals surface area (Å²) in [4.78, 5) is 8.34. The third kappa shape index (κ3) is 1.75. The number of fused-ring (bicyclic) bond motifs is 1. The summed E-state index contributed by atoms with van der Waals surface area (Å²) in [5, 5.41) is 0. The number of nitrogens with two attached hydrogens (primary N) is 1. The topological polar surface area (TPSA) is 61.7 Å². The van der Waals surface area contributed by atoms with Crippen molar-refractivity contribution in [2.24, 2.45) is 0 Å². The van der Waals surface area contributed by atoms with Crippen LogP contribution in [0.15, 0.2) is 43.0 Å². The van der Waals surface area contributed by atoms with Crippen LogP contribution in [-0.4, -0.2) is 19.1 Å². The van der Waals surface area contributed by atoms with Crippen LogP contribution in [0, 0.1) is 0 Å². The van der Waals surface area contributed by atoms with E-state index in [1.807, 2.05) is 39.6 Å². The van der Waals surface area contributed by atoms with Gasteiger partial charge in [0.2, 0.25) is 5.95 Å². The molecular weight excluding hydrogens is 214 g/mol. The van der Waals surface area contributed by atoms with Crippen LogP contribution in [0.25, 0.3) is 11.0 Å². The van der Waals surface area contributed by atoms with E-state index < -0.39 is 0 Å². The molecule has 0 saturated carbocycles. The second kappa shape index (κ2) is 3.93. The van der Waals surface area contributed by atoms with Crippen molar-refractivity contribution < 1.29 is 0 Å². The molecule has 2 heterocycles. The Labute approximate surface area is 98.5 Å². The highest BCUT2D eigenvalue weighted by molar-refractivity contribution is 5.78. The van der Waals surface area contributed by atoms with Crippen LogP contribution in [0.5, 0.6) is 0 Å². The molecule has 0 saturated heterocycles. The van der Waals surface area contributed by atoms with E-state index in [1.54, 1.807) is 12.5 Å². The number of hydrogen-bond donors (Lipinski definition) is 1. The van der Waals surface area contributed by atoms with E-state index in [9.17, 15) is 0 Å². The first kappa shape index (κ1) is 9.89. The number of rotatable bonds is 3. The van der Waals surface area contributed by atoms with E-state index in [0.717, 1.165) is 24.1 Å².